The number of aromatic nitrogens is 2. The van der Waals surface area contributed by atoms with Crippen LogP contribution < -0.4 is 10.7 Å². The number of fused-ring (bicyclic) bond motifs is 1. The minimum atomic E-state index is -0.121. The lowest BCUT2D eigenvalue weighted by Gasteiger charge is -2.26. The van der Waals surface area contributed by atoms with E-state index < -0.39 is 0 Å². The zero-order valence-electron chi connectivity index (χ0n) is 13.9. The SMILES string of the molecule is O=C(Cn1ncc(=O)c2ccccc21)NCCCN1CCCCC1. The maximum Gasteiger partial charge on any atom is 0.241 e. The smallest absolute Gasteiger partial charge is 0.241 e. The van der Waals surface area contributed by atoms with Gasteiger partial charge in [0.15, 0.2) is 0 Å². The van der Waals surface area contributed by atoms with Crippen molar-refractivity contribution in [2.45, 2.75) is 32.2 Å². The van der Waals surface area contributed by atoms with Gasteiger partial charge >= 0.3 is 0 Å². The van der Waals surface area contributed by atoms with Gasteiger partial charge in [-0.1, -0.05) is 18.6 Å². The van der Waals surface area contributed by atoms with Crippen molar-refractivity contribution in [3.05, 3.63) is 40.7 Å². The summed E-state index contributed by atoms with van der Waals surface area (Å²) < 4.78 is 1.58. The molecule has 6 heteroatoms. The Kier molecular flexibility index (Phi) is 5.59. The lowest BCUT2D eigenvalue weighted by Crippen LogP contribution is -2.34. The number of para-hydroxylation sites is 1. The van der Waals surface area contributed by atoms with E-state index in [1.807, 2.05) is 18.2 Å². The molecule has 0 atom stereocenters. The molecule has 0 spiro atoms. The molecule has 0 aliphatic carbocycles. The minimum absolute atomic E-state index is 0.0741. The Morgan fingerprint density at radius 2 is 1.96 bits per heavy atom. The topological polar surface area (TPSA) is 67.2 Å². The van der Waals surface area contributed by atoms with Crippen molar-refractivity contribution < 1.29 is 4.79 Å². The normalized spacial score (nSPS) is 15.5. The number of rotatable bonds is 6. The number of nitrogens with one attached hydrogen (secondary N) is 1. The van der Waals surface area contributed by atoms with Crippen molar-refractivity contribution in [2.24, 2.45) is 0 Å². The average Bonchev–Trinajstić information content (AvgIpc) is 2.62. The summed E-state index contributed by atoms with van der Waals surface area (Å²) in [6.07, 6.45) is 6.15. The van der Waals surface area contributed by atoms with Crippen molar-refractivity contribution in [3.63, 3.8) is 0 Å². The summed E-state index contributed by atoms with van der Waals surface area (Å²) >= 11 is 0. The number of piperidine rings is 1. The van der Waals surface area contributed by atoms with E-state index in [-0.39, 0.29) is 17.9 Å². The number of carbonyl (C=O) groups excluding carboxylic acids is 1. The molecule has 0 bridgehead atoms. The Hall–Kier alpha value is -2.21. The molecule has 24 heavy (non-hydrogen) atoms. The Morgan fingerprint density at radius 3 is 2.79 bits per heavy atom. The van der Waals surface area contributed by atoms with E-state index in [2.05, 4.69) is 15.3 Å². The number of hydrogen-bond acceptors (Lipinski definition) is 4. The fourth-order valence-electron chi connectivity index (χ4n) is 3.19. The zero-order valence-corrected chi connectivity index (χ0v) is 13.9. The first-order chi connectivity index (χ1) is 11.7. The summed E-state index contributed by atoms with van der Waals surface area (Å²) in [6.45, 7) is 4.21. The van der Waals surface area contributed by atoms with Gasteiger partial charge in [0.2, 0.25) is 11.3 Å². The number of hydrogen-bond donors (Lipinski definition) is 1. The molecule has 1 aliphatic rings. The first-order valence-corrected chi connectivity index (χ1v) is 8.68. The first kappa shape index (κ1) is 16.6. The molecular formula is C18H24N4O2. The lowest BCUT2D eigenvalue weighted by atomic mass is 10.1. The van der Waals surface area contributed by atoms with Gasteiger partial charge in [0.05, 0.1) is 11.7 Å². The maximum atomic E-state index is 12.1. The summed E-state index contributed by atoms with van der Waals surface area (Å²) in [5, 5.41) is 7.62. The van der Waals surface area contributed by atoms with Gasteiger partial charge in [-0.2, -0.15) is 5.10 Å². The van der Waals surface area contributed by atoms with Gasteiger partial charge in [-0.05, 0) is 51.0 Å². The second kappa shape index (κ2) is 8.06. The van der Waals surface area contributed by atoms with Crippen molar-refractivity contribution in [1.29, 1.82) is 0 Å². The highest BCUT2D eigenvalue weighted by Crippen LogP contribution is 2.09. The molecule has 1 fully saturated rings. The van der Waals surface area contributed by atoms with Crippen LogP contribution in [0, 0.1) is 0 Å². The molecule has 2 aromatic rings. The van der Waals surface area contributed by atoms with Gasteiger partial charge in [0.1, 0.15) is 6.54 Å². The standard InChI is InChI=1S/C18H24N4O2/c23-17-13-20-22(16-8-3-2-7-15(16)17)14-18(24)19-9-6-12-21-10-4-1-5-11-21/h2-3,7-8,13H,1,4-6,9-12,14H2,(H,19,24). The van der Waals surface area contributed by atoms with Crippen LogP contribution in [0.1, 0.15) is 25.7 Å². The van der Waals surface area contributed by atoms with Crippen LogP contribution in [0.3, 0.4) is 0 Å². The van der Waals surface area contributed by atoms with Gasteiger partial charge in [0, 0.05) is 11.9 Å². The molecule has 0 unspecified atom stereocenters. The fourth-order valence-corrected chi connectivity index (χ4v) is 3.19. The van der Waals surface area contributed by atoms with E-state index in [0.717, 1.165) is 13.0 Å². The van der Waals surface area contributed by atoms with Crippen LogP contribution in [0.15, 0.2) is 35.3 Å². The van der Waals surface area contributed by atoms with Crippen LogP contribution >= 0.6 is 0 Å². The Balaban J connectivity index is 1.50. The molecule has 1 saturated heterocycles. The van der Waals surface area contributed by atoms with Crippen LogP contribution in [0.4, 0.5) is 0 Å². The van der Waals surface area contributed by atoms with Crippen LogP contribution in [0.25, 0.3) is 10.9 Å². The third-order valence-corrected chi connectivity index (χ3v) is 4.48. The van der Waals surface area contributed by atoms with Crippen molar-refractivity contribution in [1.82, 2.24) is 20.0 Å². The number of carbonyl (C=O) groups is 1. The van der Waals surface area contributed by atoms with E-state index in [4.69, 9.17) is 0 Å². The molecular weight excluding hydrogens is 304 g/mol. The second-order valence-corrected chi connectivity index (χ2v) is 6.29. The van der Waals surface area contributed by atoms with E-state index in [0.29, 0.717) is 17.4 Å². The summed E-state index contributed by atoms with van der Waals surface area (Å²) in [6, 6.07) is 7.23. The minimum Gasteiger partial charge on any atom is -0.354 e. The summed E-state index contributed by atoms with van der Waals surface area (Å²) in [4.78, 5) is 26.4. The largest absolute Gasteiger partial charge is 0.354 e. The van der Waals surface area contributed by atoms with Crippen molar-refractivity contribution in [2.75, 3.05) is 26.2 Å². The Bertz CT molecular complexity index is 750. The highest BCUT2D eigenvalue weighted by Gasteiger charge is 2.10. The number of benzene rings is 1. The molecule has 128 valence electrons. The summed E-state index contributed by atoms with van der Waals surface area (Å²) in [5.74, 6) is -0.0741. The van der Waals surface area contributed by atoms with Crippen molar-refractivity contribution in [3.8, 4) is 0 Å². The van der Waals surface area contributed by atoms with Crippen LogP contribution in [-0.4, -0.2) is 46.8 Å². The first-order valence-electron chi connectivity index (χ1n) is 8.68. The third kappa shape index (κ3) is 4.20. The quantitative estimate of drug-likeness (QED) is 0.814. The zero-order chi connectivity index (χ0) is 16.8. The van der Waals surface area contributed by atoms with Crippen LogP contribution in [-0.2, 0) is 11.3 Å². The van der Waals surface area contributed by atoms with E-state index in [1.54, 1.807) is 10.7 Å². The molecule has 6 nitrogen and oxygen atoms in total. The van der Waals surface area contributed by atoms with Crippen LogP contribution in [0.5, 0.6) is 0 Å². The average molecular weight is 328 g/mol. The molecule has 1 amide bonds. The van der Waals surface area contributed by atoms with Gasteiger partial charge in [-0.25, -0.2) is 0 Å². The molecule has 0 saturated carbocycles. The Morgan fingerprint density at radius 1 is 1.17 bits per heavy atom. The third-order valence-electron chi connectivity index (χ3n) is 4.48. The molecule has 3 rings (SSSR count). The van der Waals surface area contributed by atoms with Gasteiger partial charge in [-0.3, -0.25) is 14.3 Å². The fraction of sp³-hybridized carbons (Fsp3) is 0.500. The van der Waals surface area contributed by atoms with Crippen LogP contribution in [0.2, 0.25) is 0 Å². The van der Waals surface area contributed by atoms with Crippen molar-refractivity contribution >= 4 is 16.8 Å². The van der Waals surface area contributed by atoms with Gasteiger partial charge < -0.3 is 10.2 Å². The number of amides is 1. The predicted octanol–water partition coefficient (Wildman–Crippen LogP) is 1.39. The second-order valence-electron chi connectivity index (χ2n) is 6.29. The summed E-state index contributed by atoms with van der Waals surface area (Å²) in [7, 11) is 0. The number of nitrogens with zero attached hydrogens (tertiary/aromatic N) is 3. The van der Waals surface area contributed by atoms with E-state index in [1.165, 1.54) is 38.5 Å². The predicted molar refractivity (Wildman–Crippen MR) is 93.9 cm³/mol. The van der Waals surface area contributed by atoms with E-state index in [9.17, 15) is 9.59 Å². The molecule has 0 radical (unpaired) electrons. The maximum absolute atomic E-state index is 12.1. The highest BCUT2D eigenvalue weighted by atomic mass is 16.2. The molecule has 1 aliphatic heterocycles. The molecule has 1 aromatic carbocycles. The lowest BCUT2D eigenvalue weighted by molar-refractivity contribution is -0.121. The molecule has 1 N–H and O–H groups in total. The Labute approximate surface area is 141 Å². The monoisotopic (exact) mass is 328 g/mol. The van der Waals surface area contributed by atoms with Gasteiger partial charge in [0.25, 0.3) is 0 Å². The number of likely N-dealkylation sites (tertiary alicyclic amines) is 1. The molecule has 1 aromatic heterocycles. The molecule has 2 heterocycles. The van der Waals surface area contributed by atoms with Gasteiger partial charge in [-0.15, -0.1) is 0 Å². The highest BCUT2D eigenvalue weighted by molar-refractivity contribution is 5.81. The summed E-state index contributed by atoms with van der Waals surface area (Å²) in [5.41, 5.74) is 0.567. The van der Waals surface area contributed by atoms with E-state index >= 15 is 0 Å².